The van der Waals surface area contributed by atoms with Crippen LogP contribution < -0.4 is 5.43 Å². The van der Waals surface area contributed by atoms with Crippen molar-refractivity contribution in [3.8, 4) is 11.4 Å². The highest BCUT2D eigenvalue weighted by atomic mass is 79.9. The van der Waals surface area contributed by atoms with Crippen LogP contribution in [0.4, 0.5) is 0 Å². The molecule has 0 aliphatic carbocycles. The molecule has 1 amide bonds. The maximum atomic E-state index is 12.3. The predicted molar refractivity (Wildman–Crippen MR) is 121 cm³/mol. The quantitative estimate of drug-likeness (QED) is 0.294. The van der Waals surface area contributed by atoms with Gasteiger partial charge in [0.15, 0.2) is 11.0 Å². The molecule has 1 heterocycles. The first kappa shape index (κ1) is 21.3. The molecule has 8 heteroatoms. The second-order valence-electron chi connectivity index (χ2n) is 6.37. The molecule has 150 valence electrons. The van der Waals surface area contributed by atoms with E-state index in [0.29, 0.717) is 5.16 Å². The van der Waals surface area contributed by atoms with Gasteiger partial charge in [0, 0.05) is 17.1 Å². The number of hydrogen-bond donors (Lipinski definition) is 1. The fourth-order valence-electron chi connectivity index (χ4n) is 2.72. The molecule has 0 atom stereocenters. The van der Waals surface area contributed by atoms with Crippen molar-refractivity contribution >= 4 is 39.3 Å². The molecule has 2 aromatic carbocycles. The number of carbonyl (C=O) groups excluding carboxylic acids is 1. The van der Waals surface area contributed by atoms with E-state index in [1.54, 1.807) is 0 Å². The number of thioether (sulfide) groups is 1. The first-order chi connectivity index (χ1) is 14.1. The first-order valence-electron chi connectivity index (χ1n) is 9.27. The number of nitrogens with one attached hydrogen (secondary N) is 1. The van der Waals surface area contributed by atoms with Crippen LogP contribution in [0, 0.1) is 0 Å². The molecule has 0 unspecified atom stereocenters. The van der Waals surface area contributed by atoms with Crippen LogP contribution in [0.2, 0.25) is 0 Å². The molecule has 6 nitrogen and oxygen atoms in total. The number of hydrazone groups is 1. The topological polar surface area (TPSA) is 72.2 Å². The average Bonchev–Trinajstić information content (AvgIpc) is 3.11. The van der Waals surface area contributed by atoms with Gasteiger partial charge in [0.25, 0.3) is 5.91 Å². The molecule has 0 aliphatic heterocycles. The summed E-state index contributed by atoms with van der Waals surface area (Å²) in [5.74, 6) is 0.796. The second kappa shape index (κ2) is 10.4. The van der Waals surface area contributed by atoms with Crippen molar-refractivity contribution in [2.75, 3.05) is 5.75 Å². The van der Waals surface area contributed by atoms with Crippen LogP contribution in [0.5, 0.6) is 0 Å². The highest BCUT2D eigenvalue weighted by molar-refractivity contribution is 9.10. The highest BCUT2D eigenvalue weighted by Crippen LogP contribution is 2.23. The van der Waals surface area contributed by atoms with Gasteiger partial charge in [-0.3, -0.25) is 4.79 Å². The smallest absolute Gasteiger partial charge is 0.250 e. The third kappa shape index (κ3) is 5.77. The lowest BCUT2D eigenvalue weighted by molar-refractivity contribution is -0.118. The normalized spacial score (nSPS) is 11.5. The third-order valence-electron chi connectivity index (χ3n) is 4.18. The van der Waals surface area contributed by atoms with E-state index in [4.69, 9.17) is 0 Å². The van der Waals surface area contributed by atoms with Crippen molar-refractivity contribution < 1.29 is 4.79 Å². The Balaban J connectivity index is 1.61. The van der Waals surface area contributed by atoms with Crippen LogP contribution in [0.15, 0.2) is 69.3 Å². The molecule has 3 rings (SSSR count). The van der Waals surface area contributed by atoms with E-state index < -0.39 is 0 Å². The molecule has 0 fully saturated rings. The maximum Gasteiger partial charge on any atom is 0.250 e. The van der Waals surface area contributed by atoms with Gasteiger partial charge in [0.05, 0.1) is 11.5 Å². The van der Waals surface area contributed by atoms with E-state index in [2.05, 4.69) is 43.6 Å². The number of aromatic nitrogens is 3. The number of nitrogens with zero attached hydrogens (tertiary/aromatic N) is 4. The van der Waals surface area contributed by atoms with Gasteiger partial charge in [-0.05, 0) is 24.1 Å². The number of halogens is 1. The Hall–Kier alpha value is -2.45. The number of amides is 1. The van der Waals surface area contributed by atoms with Crippen LogP contribution >= 0.6 is 27.7 Å². The van der Waals surface area contributed by atoms with Gasteiger partial charge in [-0.1, -0.05) is 83.5 Å². The fraction of sp³-hybridized carbons (Fsp3) is 0.238. The third-order valence-corrected chi connectivity index (χ3v) is 5.73. The zero-order valence-electron chi connectivity index (χ0n) is 16.3. The van der Waals surface area contributed by atoms with Gasteiger partial charge in [0.2, 0.25) is 0 Å². The Kier molecular flexibility index (Phi) is 7.60. The molecule has 1 N–H and O–H groups in total. The zero-order valence-corrected chi connectivity index (χ0v) is 18.7. The Labute approximate surface area is 182 Å². The van der Waals surface area contributed by atoms with Crippen molar-refractivity contribution in [1.29, 1.82) is 0 Å². The summed E-state index contributed by atoms with van der Waals surface area (Å²) < 4.78 is 2.89. The van der Waals surface area contributed by atoms with Crippen LogP contribution in [-0.2, 0) is 11.8 Å². The highest BCUT2D eigenvalue weighted by Gasteiger charge is 2.13. The number of carbonyl (C=O) groups is 1. The van der Waals surface area contributed by atoms with E-state index in [1.807, 2.05) is 66.2 Å². The molecule has 0 saturated carbocycles. The minimum Gasteiger partial charge on any atom is -0.305 e. The summed E-state index contributed by atoms with van der Waals surface area (Å²) in [6, 6.07) is 17.8. The molecule has 1 aromatic heterocycles. The van der Waals surface area contributed by atoms with Crippen molar-refractivity contribution in [2.24, 2.45) is 12.1 Å². The summed E-state index contributed by atoms with van der Waals surface area (Å²) in [5, 5.41) is 13.5. The van der Waals surface area contributed by atoms with Crippen LogP contribution in [0.25, 0.3) is 11.4 Å². The SMILES string of the molecule is CCC/C(=N/NC(=O)CSc1nnc(-c2ccc(Br)cc2)n1C)c1ccccc1. The van der Waals surface area contributed by atoms with E-state index in [1.165, 1.54) is 11.8 Å². The van der Waals surface area contributed by atoms with Crippen molar-refractivity contribution in [3.05, 3.63) is 64.6 Å². The summed E-state index contributed by atoms with van der Waals surface area (Å²) in [6.45, 7) is 2.09. The lowest BCUT2D eigenvalue weighted by atomic mass is 10.1. The predicted octanol–water partition coefficient (Wildman–Crippen LogP) is 4.66. The van der Waals surface area contributed by atoms with Gasteiger partial charge in [-0.2, -0.15) is 5.10 Å². The number of hydrogen-bond acceptors (Lipinski definition) is 5. The van der Waals surface area contributed by atoms with Crippen molar-refractivity contribution in [3.63, 3.8) is 0 Å². The molecule has 0 radical (unpaired) electrons. The summed E-state index contributed by atoms with van der Waals surface area (Å²) in [7, 11) is 1.89. The summed E-state index contributed by atoms with van der Waals surface area (Å²) >= 11 is 4.76. The van der Waals surface area contributed by atoms with Crippen LogP contribution in [-0.4, -0.2) is 32.1 Å². The van der Waals surface area contributed by atoms with Crippen molar-refractivity contribution in [1.82, 2.24) is 20.2 Å². The Morgan fingerprint density at radius 1 is 1.14 bits per heavy atom. The molecule has 3 aromatic rings. The lowest BCUT2D eigenvalue weighted by Crippen LogP contribution is -2.22. The molecule has 29 heavy (non-hydrogen) atoms. The Bertz CT molecular complexity index is 986. The molecule has 0 spiro atoms. The Morgan fingerprint density at radius 2 is 1.86 bits per heavy atom. The molecule has 0 saturated heterocycles. The largest absolute Gasteiger partial charge is 0.305 e. The van der Waals surface area contributed by atoms with E-state index in [9.17, 15) is 4.79 Å². The van der Waals surface area contributed by atoms with Gasteiger partial charge in [0.1, 0.15) is 0 Å². The number of benzene rings is 2. The fourth-order valence-corrected chi connectivity index (χ4v) is 3.68. The first-order valence-corrected chi connectivity index (χ1v) is 11.0. The maximum absolute atomic E-state index is 12.3. The van der Waals surface area contributed by atoms with Crippen LogP contribution in [0.1, 0.15) is 25.3 Å². The van der Waals surface area contributed by atoms with E-state index >= 15 is 0 Å². The average molecular weight is 472 g/mol. The minimum absolute atomic E-state index is 0.173. The lowest BCUT2D eigenvalue weighted by Gasteiger charge is -2.07. The summed E-state index contributed by atoms with van der Waals surface area (Å²) in [4.78, 5) is 12.3. The van der Waals surface area contributed by atoms with Gasteiger partial charge in [-0.15, -0.1) is 10.2 Å². The van der Waals surface area contributed by atoms with Gasteiger partial charge >= 0.3 is 0 Å². The van der Waals surface area contributed by atoms with Crippen LogP contribution in [0.3, 0.4) is 0 Å². The van der Waals surface area contributed by atoms with E-state index in [0.717, 1.165) is 40.0 Å². The summed E-state index contributed by atoms with van der Waals surface area (Å²) in [5.41, 5.74) is 5.54. The van der Waals surface area contributed by atoms with Gasteiger partial charge in [-0.25, -0.2) is 5.43 Å². The molecular weight excluding hydrogens is 450 g/mol. The van der Waals surface area contributed by atoms with Gasteiger partial charge < -0.3 is 4.57 Å². The minimum atomic E-state index is -0.173. The standard InChI is InChI=1S/C21H22BrN5OS/c1-3-7-18(15-8-5-4-6-9-15)23-24-19(28)14-29-21-26-25-20(27(21)2)16-10-12-17(22)13-11-16/h4-6,8-13H,3,7,14H2,1-2H3,(H,24,28)/b23-18-. The number of rotatable bonds is 8. The molecule has 0 aliphatic rings. The second-order valence-corrected chi connectivity index (χ2v) is 8.23. The summed E-state index contributed by atoms with van der Waals surface area (Å²) in [6.07, 6.45) is 1.76. The zero-order chi connectivity index (χ0) is 20.6. The van der Waals surface area contributed by atoms with Crippen molar-refractivity contribution in [2.45, 2.75) is 24.9 Å². The van der Waals surface area contributed by atoms with E-state index in [-0.39, 0.29) is 11.7 Å². The molecular formula is C21H22BrN5OS. The monoisotopic (exact) mass is 471 g/mol. The molecule has 0 bridgehead atoms. The Morgan fingerprint density at radius 3 is 2.55 bits per heavy atom.